The van der Waals surface area contributed by atoms with E-state index in [1.807, 2.05) is 0 Å². The Hall–Kier alpha value is -2.18. The number of hydrogen-bond acceptors (Lipinski definition) is 6. The van der Waals surface area contributed by atoms with Crippen molar-refractivity contribution in [2.24, 2.45) is 0 Å². The molecule has 7 nitrogen and oxygen atoms in total. The molecule has 2 rings (SSSR count). The van der Waals surface area contributed by atoms with E-state index >= 15 is 0 Å². The minimum Gasteiger partial charge on any atom is -0.325 e. The van der Waals surface area contributed by atoms with Crippen LogP contribution in [0, 0.1) is 13.8 Å². The highest BCUT2D eigenvalue weighted by Gasteiger charge is 2.32. The molecule has 1 N–H and O–H groups in total. The van der Waals surface area contributed by atoms with Crippen LogP contribution in [-0.2, 0) is 21.0 Å². The Morgan fingerprint density at radius 3 is 2.48 bits per heavy atom. The number of alkyl halides is 3. The number of anilines is 1. The SMILES string of the molecule is Cc1cc(S(=O)(=O)N(C)C)cc(NC(=O)CSc2nccc(C(F)(F)F)n2)c1C. The number of rotatable bonds is 6. The second-order valence-corrected chi connectivity index (χ2v) is 9.35. The molecule has 29 heavy (non-hydrogen) atoms. The predicted molar refractivity (Wildman–Crippen MR) is 103 cm³/mol. The number of carbonyl (C=O) groups excluding carboxylic acids is 1. The molecule has 0 spiro atoms. The molecule has 1 heterocycles. The van der Waals surface area contributed by atoms with Crippen LogP contribution in [0.2, 0.25) is 0 Å². The van der Waals surface area contributed by atoms with Crippen molar-refractivity contribution >= 4 is 33.4 Å². The number of aryl methyl sites for hydroxylation is 1. The number of nitrogens with one attached hydrogen (secondary N) is 1. The van der Waals surface area contributed by atoms with Crippen LogP contribution in [0.4, 0.5) is 18.9 Å². The van der Waals surface area contributed by atoms with Gasteiger partial charge in [-0.2, -0.15) is 13.2 Å². The maximum absolute atomic E-state index is 12.7. The summed E-state index contributed by atoms with van der Waals surface area (Å²) >= 11 is 0.742. The molecule has 0 bridgehead atoms. The number of nitrogens with zero attached hydrogens (tertiary/aromatic N) is 3. The number of hydrogen-bond donors (Lipinski definition) is 1. The van der Waals surface area contributed by atoms with Crippen molar-refractivity contribution in [1.82, 2.24) is 14.3 Å². The number of amides is 1. The van der Waals surface area contributed by atoms with E-state index in [1.54, 1.807) is 13.8 Å². The summed E-state index contributed by atoms with van der Waals surface area (Å²) in [6, 6.07) is 3.60. The molecule has 1 amide bonds. The number of thioether (sulfide) groups is 1. The summed E-state index contributed by atoms with van der Waals surface area (Å²) in [5, 5.41) is 2.41. The lowest BCUT2D eigenvalue weighted by molar-refractivity contribution is -0.141. The van der Waals surface area contributed by atoms with E-state index in [-0.39, 0.29) is 15.8 Å². The lowest BCUT2D eigenvalue weighted by Crippen LogP contribution is -2.23. The first-order chi connectivity index (χ1) is 13.3. The summed E-state index contributed by atoms with van der Waals surface area (Å²) in [7, 11) is -0.904. The van der Waals surface area contributed by atoms with Crippen molar-refractivity contribution in [1.29, 1.82) is 0 Å². The van der Waals surface area contributed by atoms with Gasteiger partial charge in [-0.05, 0) is 43.2 Å². The van der Waals surface area contributed by atoms with Crippen LogP contribution in [0.1, 0.15) is 16.8 Å². The van der Waals surface area contributed by atoms with E-state index in [9.17, 15) is 26.4 Å². The molecule has 0 atom stereocenters. The van der Waals surface area contributed by atoms with Crippen molar-refractivity contribution in [3.8, 4) is 0 Å². The van der Waals surface area contributed by atoms with Gasteiger partial charge in [0.1, 0.15) is 5.69 Å². The molecule has 0 unspecified atom stereocenters. The minimum atomic E-state index is -4.60. The Balaban J connectivity index is 2.16. The van der Waals surface area contributed by atoms with Crippen molar-refractivity contribution in [3.05, 3.63) is 41.2 Å². The smallest absolute Gasteiger partial charge is 0.325 e. The lowest BCUT2D eigenvalue weighted by atomic mass is 10.1. The zero-order valence-electron chi connectivity index (χ0n) is 16.0. The Labute approximate surface area is 170 Å². The maximum Gasteiger partial charge on any atom is 0.433 e. The topological polar surface area (TPSA) is 92.3 Å². The first-order valence-corrected chi connectivity index (χ1v) is 10.6. The van der Waals surface area contributed by atoms with E-state index in [1.165, 1.54) is 26.2 Å². The highest BCUT2D eigenvalue weighted by molar-refractivity contribution is 7.99. The van der Waals surface area contributed by atoms with Crippen LogP contribution >= 0.6 is 11.8 Å². The Bertz CT molecular complexity index is 1030. The average molecular weight is 448 g/mol. The molecule has 2 aromatic rings. The lowest BCUT2D eigenvalue weighted by Gasteiger charge is -2.16. The summed E-state index contributed by atoms with van der Waals surface area (Å²) in [4.78, 5) is 19.4. The van der Waals surface area contributed by atoms with Crippen molar-refractivity contribution in [2.45, 2.75) is 30.1 Å². The van der Waals surface area contributed by atoms with Crippen molar-refractivity contribution in [2.75, 3.05) is 25.2 Å². The number of carbonyl (C=O) groups is 1. The van der Waals surface area contributed by atoms with Crippen LogP contribution < -0.4 is 5.32 Å². The summed E-state index contributed by atoms with van der Waals surface area (Å²) in [5.41, 5.74) is 0.554. The van der Waals surface area contributed by atoms with Gasteiger partial charge in [0, 0.05) is 26.0 Å². The zero-order valence-corrected chi connectivity index (χ0v) is 17.7. The summed E-state index contributed by atoms with van der Waals surface area (Å²) in [6.07, 6.45) is -3.63. The standard InChI is InChI=1S/C17H19F3N4O3S2/c1-10-7-12(29(26,27)24(3)4)8-13(11(10)2)22-15(25)9-28-16-21-6-5-14(23-16)17(18,19)20/h5-8H,9H2,1-4H3,(H,22,25). The third-order valence-corrected chi connectivity index (χ3v) is 6.60. The van der Waals surface area contributed by atoms with Gasteiger partial charge in [0.15, 0.2) is 5.16 Å². The molecule has 158 valence electrons. The largest absolute Gasteiger partial charge is 0.433 e. The van der Waals surface area contributed by atoms with E-state index in [2.05, 4.69) is 15.3 Å². The number of sulfonamides is 1. The van der Waals surface area contributed by atoms with Gasteiger partial charge in [-0.15, -0.1) is 0 Å². The Morgan fingerprint density at radius 1 is 1.24 bits per heavy atom. The van der Waals surface area contributed by atoms with Crippen LogP contribution in [0.15, 0.2) is 34.4 Å². The van der Waals surface area contributed by atoms with Gasteiger partial charge in [-0.1, -0.05) is 11.8 Å². The van der Waals surface area contributed by atoms with Gasteiger partial charge in [0.2, 0.25) is 15.9 Å². The molecule has 1 aromatic carbocycles. The second kappa shape index (κ2) is 8.67. The molecule has 0 aliphatic rings. The Kier molecular flexibility index (Phi) is 6.91. The van der Waals surface area contributed by atoms with E-state index < -0.39 is 27.8 Å². The van der Waals surface area contributed by atoms with Crippen LogP contribution in [0.3, 0.4) is 0 Å². The van der Waals surface area contributed by atoms with Crippen LogP contribution in [-0.4, -0.2) is 48.4 Å². The Morgan fingerprint density at radius 2 is 1.90 bits per heavy atom. The summed E-state index contributed by atoms with van der Waals surface area (Å²) in [5.74, 6) is -0.775. The first-order valence-electron chi connectivity index (χ1n) is 8.19. The molecule has 1 aromatic heterocycles. The third-order valence-electron chi connectivity index (χ3n) is 3.95. The van der Waals surface area contributed by atoms with Crippen molar-refractivity contribution in [3.63, 3.8) is 0 Å². The quantitative estimate of drug-likeness (QED) is 0.539. The van der Waals surface area contributed by atoms with E-state index in [4.69, 9.17) is 0 Å². The number of aromatic nitrogens is 2. The monoisotopic (exact) mass is 448 g/mol. The maximum atomic E-state index is 12.7. The molecule has 0 aliphatic heterocycles. The fourth-order valence-corrected chi connectivity index (χ4v) is 3.85. The number of benzene rings is 1. The fraction of sp³-hybridized carbons (Fsp3) is 0.353. The molecular weight excluding hydrogens is 429 g/mol. The van der Waals surface area contributed by atoms with E-state index in [0.29, 0.717) is 16.8 Å². The normalized spacial score (nSPS) is 12.3. The molecular formula is C17H19F3N4O3S2. The molecule has 12 heteroatoms. The third kappa shape index (κ3) is 5.67. The zero-order chi connectivity index (χ0) is 22.0. The highest BCUT2D eigenvalue weighted by Crippen LogP contribution is 2.29. The van der Waals surface area contributed by atoms with Gasteiger partial charge >= 0.3 is 6.18 Å². The van der Waals surface area contributed by atoms with Gasteiger partial charge in [0.25, 0.3) is 0 Å². The number of halogens is 3. The van der Waals surface area contributed by atoms with Crippen LogP contribution in [0.25, 0.3) is 0 Å². The molecule has 0 saturated carbocycles. The minimum absolute atomic E-state index is 0.0229. The average Bonchev–Trinajstić information content (AvgIpc) is 2.63. The molecule has 0 aliphatic carbocycles. The second-order valence-electron chi connectivity index (χ2n) is 6.26. The fourth-order valence-electron chi connectivity index (χ4n) is 2.20. The molecule has 0 radical (unpaired) electrons. The van der Waals surface area contributed by atoms with Gasteiger partial charge < -0.3 is 5.32 Å². The molecule has 0 fully saturated rings. The van der Waals surface area contributed by atoms with Crippen molar-refractivity contribution < 1.29 is 26.4 Å². The predicted octanol–water partition coefficient (Wildman–Crippen LogP) is 3.09. The van der Waals surface area contributed by atoms with E-state index in [0.717, 1.165) is 28.3 Å². The first kappa shape index (κ1) is 23.1. The van der Waals surface area contributed by atoms with Crippen LogP contribution in [0.5, 0.6) is 0 Å². The van der Waals surface area contributed by atoms with Gasteiger partial charge in [-0.25, -0.2) is 22.7 Å². The highest BCUT2D eigenvalue weighted by atomic mass is 32.2. The molecule has 0 saturated heterocycles. The summed E-state index contributed by atoms with van der Waals surface area (Å²) in [6.45, 7) is 3.44. The van der Waals surface area contributed by atoms with Gasteiger partial charge in [0.05, 0.1) is 10.6 Å². The summed E-state index contributed by atoms with van der Waals surface area (Å²) < 4.78 is 63.9. The van der Waals surface area contributed by atoms with Gasteiger partial charge in [-0.3, -0.25) is 4.79 Å².